The van der Waals surface area contributed by atoms with E-state index >= 15 is 0 Å². The molecule has 23 heavy (non-hydrogen) atoms. The van der Waals surface area contributed by atoms with Crippen molar-refractivity contribution in [1.29, 1.82) is 0 Å². The molecular formula is C19H22O4. The molecule has 0 spiro atoms. The Hall–Kier alpha value is -2.10. The highest BCUT2D eigenvalue weighted by molar-refractivity contribution is 5.90. The van der Waals surface area contributed by atoms with Crippen LogP contribution in [0.1, 0.15) is 50.2 Å². The molecule has 0 atom stereocenters. The van der Waals surface area contributed by atoms with Crippen molar-refractivity contribution in [2.24, 2.45) is 5.92 Å². The van der Waals surface area contributed by atoms with Gasteiger partial charge in [0.15, 0.2) is 0 Å². The molecule has 1 heterocycles. The Kier molecular flexibility index (Phi) is 4.51. The number of benzene rings is 1. The van der Waals surface area contributed by atoms with Crippen LogP contribution in [0.5, 0.6) is 5.75 Å². The van der Waals surface area contributed by atoms with Crippen molar-refractivity contribution in [2.45, 2.75) is 52.4 Å². The number of aryl methyl sites for hydroxylation is 2. The van der Waals surface area contributed by atoms with Crippen LogP contribution in [0.3, 0.4) is 0 Å². The van der Waals surface area contributed by atoms with Gasteiger partial charge in [-0.1, -0.05) is 26.2 Å². The smallest absolute Gasteiger partial charge is 0.336 e. The zero-order valence-electron chi connectivity index (χ0n) is 13.7. The molecule has 0 unspecified atom stereocenters. The first-order chi connectivity index (χ1) is 11.1. The molecule has 1 aliphatic carbocycles. The number of hydrogen-bond donors (Lipinski definition) is 0. The topological polar surface area (TPSA) is 56.5 Å². The van der Waals surface area contributed by atoms with E-state index in [4.69, 9.17) is 9.15 Å². The van der Waals surface area contributed by atoms with E-state index in [1.54, 1.807) is 0 Å². The van der Waals surface area contributed by atoms with Gasteiger partial charge in [-0.2, -0.15) is 0 Å². The summed E-state index contributed by atoms with van der Waals surface area (Å²) in [5.41, 5.74) is 1.87. The molecule has 4 heteroatoms. The van der Waals surface area contributed by atoms with Crippen LogP contribution in [0.4, 0.5) is 0 Å². The Bertz CT molecular complexity index is 782. The molecule has 1 aromatic heterocycles. The van der Waals surface area contributed by atoms with Crippen molar-refractivity contribution >= 4 is 16.9 Å². The van der Waals surface area contributed by atoms with Crippen LogP contribution < -0.4 is 10.4 Å². The number of fused-ring (bicyclic) bond motifs is 1. The van der Waals surface area contributed by atoms with Gasteiger partial charge in [0, 0.05) is 6.07 Å². The van der Waals surface area contributed by atoms with Crippen molar-refractivity contribution < 1.29 is 13.9 Å². The van der Waals surface area contributed by atoms with Gasteiger partial charge in [-0.3, -0.25) is 4.79 Å². The summed E-state index contributed by atoms with van der Waals surface area (Å²) in [4.78, 5) is 24.2. The highest BCUT2D eigenvalue weighted by atomic mass is 16.5. The summed E-state index contributed by atoms with van der Waals surface area (Å²) < 4.78 is 11.0. The fourth-order valence-electron chi connectivity index (χ4n) is 3.36. The lowest BCUT2D eigenvalue weighted by atomic mass is 9.89. The van der Waals surface area contributed by atoms with E-state index in [1.165, 1.54) is 12.5 Å². The molecule has 1 fully saturated rings. The number of esters is 1. The van der Waals surface area contributed by atoms with Crippen LogP contribution in [0.25, 0.3) is 11.0 Å². The Labute approximate surface area is 135 Å². The summed E-state index contributed by atoms with van der Waals surface area (Å²) in [5.74, 6) is 0.334. The number of carbonyl (C=O) groups excluding carboxylic acids is 1. The molecule has 0 amide bonds. The third-order valence-electron chi connectivity index (χ3n) is 4.56. The largest absolute Gasteiger partial charge is 0.426 e. The van der Waals surface area contributed by atoms with Gasteiger partial charge in [-0.05, 0) is 49.4 Å². The van der Waals surface area contributed by atoms with Gasteiger partial charge in [-0.15, -0.1) is 0 Å². The average Bonchev–Trinajstić information content (AvgIpc) is 2.54. The van der Waals surface area contributed by atoms with E-state index in [-0.39, 0.29) is 17.5 Å². The maximum atomic E-state index is 12.5. The van der Waals surface area contributed by atoms with Crippen LogP contribution >= 0.6 is 0 Å². The predicted octanol–water partition coefficient (Wildman–Crippen LogP) is 4.15. The Balaban J connectivity index is 2.02. The molecule has 1 saturated carbocycles. The van der Waals surface area contributed by atoms with Crippen LogP contribution in [0.2, 0.25) is 0 Å². The van der Waals surface area contributed by atoms with Gasteiger partial charge in [0.1, 0.15) is 11.3 Å². The molecule has 1 aromatic carbocycles. The minimum Gasteiger partial charge on any atom is -0.426 e. The second-order valence-electron chi connectivity index (χ2n) is 6.34. The van der Waals surface area contributed by atoms with E-state index in [2.05, 4.69) is 0 Å². The van der Waals surface area contributed by atoms with Gasteiger partial charge < -0.3 is 9.15 Å². The van der Waals surface area contributed by atoms with E-state index in [0.29, 0.717) is 17.8 Å². The van der Waals surface area contributed by atoms with Gasteiger partial charge in [0.05, 0.1) is 11.3 Å². The highest BCUT2D eigenvalue weighted by Crippen LogP contribution is 2.32. The molecule has 4 nitrogen and oxygen atoms in total. The third-order valence-corrected chi connectivity index (χ3v) is 4.56. The van der Waals surface area contributed by atoms with E-state index < -0.39 is 0 Å². The van der Waals surface area contributed by atoms with Crippen LogP contribution in [0.15, 0.2) is 27.4 Å². The lowest BCUT2D eigenvalue weighted by Crippen LogP contribution is -2.23. The van der Waals surface area contributed by atoms with Crippen molar-refractivity contribution in [3.8, 4) is 5.75 Å². The number of hydrogen-bond acceptors (Lipinski definition) is 4. The first kappa shape index (κ1) is 15.8. The summed E-state index contributed by atoms with van der Waals surface area (Å²) in [5, 5.41) is 0.738. The van der Waals surface area contributed by atoms with E-state index in [0.717, 1.165) is 42.2 Å². The molecule has 0 radical (unpaired) electrons. The number of ether oxygens (including phenoxy) is 1. The van der Waals surface area contributed by atoms with Crippen molar-refractivity contribution in [3.63, 3.8) is 0 Å². The first-order valence-corrected chi connectivity index (χ1v) is 8.37. The summed E-state index contributed by atoms with van der Waals surface area (Å²) in [6.07, 6.45) is 5.85. The molecule has 2 aromatic rings. The molecule has 3 rings (SSSR count). The predicted molar refractivity (Wildman–Crippen MR) is 88.8 cm³/mol. The Morgan fingerprint density at radius 3 is 2.65 bits per heavy atom. The lowest BCUT2D eigenvalue weighted by Gasteiger charge is -2.20. The number of rotatable bonds is 3. The summed E-state index contributed by atoms with van der Waals surface area (Å²) in [6.45, 7) is 3.87. The third kappa shape index (κ3) is 3.31. The summed E-state index contributed by atoms with van der Waals surface area (Å²) in [6, 6.07) is 5.14. The highest BCUT2D eigenvalue weighted by Gasteiger charge is 2.24. The number of carbonyl (C=O) groups is 1. The van der Waals surface area contributed by atoms with Gasteiger partial charge in [-0.25, -0.2) is 4.79 Å². The minimum atomic E-state index is -0.371. The van der Waals surface area contributed by atoms with Crippen molar-refractivity contribution in [3.05, 3.63) is 39.7 Å². The second kappa shape index (κ2) is 6.57. The molecule has 0 bridgehead atoms. The maximum Gasteiger partial charge on any atom is 0.336 e. The van der Waals surface area contributed by atoms with Crippen LogP contribution in [-0.4, -0.2) is 5.97 Å². The monoisotopic (exact) mass is 314 g/mol. The van der Waals surface area contributed by atoms with E-state index in [9.17, 15) is 9.59 Å². The second-order valence-corrected chi connectivity index (χ2v) is 6.34. The Morgan fingerprint density at radius 2 is 1.96 bits per heavy atom. The fraction of sp³-hybridized carbons (Fsp3) is 0.474. The molecule has 0 saturated heterocycles. The minimum absolute atomic E-state index is 0.0138. The van der Waals surface area contributed by atoms with Crippen LogP contribution in [-0.2, 0) is 11.2 Å². The average molecular weight is 314 g/mol. The molecule has 0 N–H and O–H groups in total. The summed E-state index contributed by atoms with van der Waals surface area (Å²) in [7, 11) is 0. The normalized spacial score (nSPS) is 15.7. The summed E-state index contributed by atoms with van der Waals surface area (Å²) >= 11 is 0. The van der Waals surface area contributed by atoms with E-state index in [1.807, 2.05) is 26.0 Å². The van der Waals surface area contributed by atoms with Gasteiger partial charge in [0.2, 0.25) is 0 Å². The zero-order valence-corrected chi connectivity index (χ0v) is 13.7. The lowest BCUT2D eigenvalue weighted by molar-refractivity contribution is -0.139. The molecule has 0 aliphatic heterocycles. The molecule has 122 valence electrons. The first-order valence-electron chi connectivity index (χ1n) is 8.37. The zero-order chi connectivity index (χ0) is 16.4. The maximum absolute atomic E-state index is 12.5. The Morgan fingerprint density at radius 1 is 1.22 bits per heavy atom. The molecule has 1 aliphatic rings. The van der Waals surface area contributed by atoms with Crippen molar-refractivity contribution in [2.75, 3.05) is 0 Å². The van der Waals surface area contributed by atoms with Crippen LogP contribution in [0, 0.1) is 12.8 Å². The fourth-order valence-corrected chi connectivity index (χ4v) is 3.36. The quantitative estimate of drug-likeness (QED) is 0.485. The SMILES string of the molecule is CCc1cc(=O)oc2cc(C)cc(OC(=O)C3CCCCC3)c12. The molecular weight excluding hydrogens is 292 g/mol. The van der Waals surface area contributed by atoms with Gasteiger partial charge in [0.25, 0.3) is 0 Å². The van der Waals surface area contributed by atoms with Crippen molar-refractivity contribution in [1.82, 2.24) is 0 Å². The van der Waals surface area contributed by atoms with Gasteiger partial charge >= 0.3 is 11.6 Å². The standard InChI is InChI=1S/C19H22O4/c1-3-13-11-17(20)22-15-9-12(2)10-16(18(13)15)23-19(21)14-7-5-4-6-8-14/h9-11,14H,3-8H2,1-2H3.